The molecular formula is C19H21N5O2. The second-order valence-electron chi connectivity index (χ2n) is 6.04. The lowest BCUT2D eigenvalue weighted by Crippen LogP contribution is -2.38. The standard InChI is InChI=1S/C19H21N5O2/c1-14(16-4-3-5-17(25)10-16)23(2)19(26)22-12-15-6-7-18(21-11-15)24-9-8-20-13-24/h3-11,13-14,25H,12H2,1-2H3,(H,22,26). The fourth-order valence-corrected chi connectivity index (χ4v) is 2.56. The van der Waals surface area contributed by atoms with Crippen LogP contribution in [0.1, 0.15) is 24.1 Å². The highest BCUT2D eigenvalue weighted by molar-refractivity contribution is 5.74. The van der Waals surface area contributed by atoms with Crippen LogP contribution >= 0.6 is 0 Å². The van der Waals surface area contributed by atoms with Gasteiger partial charge in [-0.1, -0.05) is 18.2 Å². The number of nitrogens with zero attached hydrogens (tertiary/aromatic N) is 4. The highest BCUT2D eigenvalue weighted by atomic mass is 16.3. The van der Waals surface area contributed by atoms with Crippen LogP contribution in [0.3, 0.4) is 0 Å². The molecule has 1 unspecified atom stereocenters. The number of imidazole rings is 1. The topological polar surface area (TPSA) is 83.3 Å². The summed E-state index contributed by atoms with van der Waals surface area (Å²) in [6, 6.07) is 10.4. The molecule has 1 aromatic carbocycles. The van der Waals surface area contributed by atoms with Crippen LogP contribution in [0.25, 0.3) is 5.82 Å². The molecule has 26 heavy (non-hydrogen) atoms. The second-order valence-corrected chi connectivity index (χ2v) is 6.04. The lowest BCUT2D eigenvalue weighted by atomic mass is 10.1. The number of phenols is 1. The summed E-state index contributed by atoms with van der Waals surface area (Å²) in [5.74, 6) is 0.958. The Balaban J connectivity index is 1.57. The van der Waals surface area contributed by atoms with Crippen molar-refractivity contribution in [1.82, 2.24) is 24.8 Å². The van der Waals surface area contributed by atoms with Crippen molar-refractivity contribution in [2.24, 2.45) is 0 Å². The minimum absolute atomic E-state index is 0.163. The molecule has 0 spiro atoms. The smallest absolute Gasteiger partial charge is 0.317 e. The Kier molecular flexibility index (Phi) is 5.17. The van der Waals surface area contributed by atoms with E-state index in [0.29, 0.717) is 6.54 Å². The van der Waals surface area contributed by atoms with Gasteiger partial charge < -0.3 is 15.3 Å². The van der Waals surface area contributed by atoms with Crippen molar-refractivity contribution in [3.05, 3.63) is 72.4 Å². The molecule has 2 aromatic heterocycles. The summed E-state index contributed by atoms with van der Waals surface area (Å²) in [4.78, 5) is 22.3. The molecule has 0 bridgehead atoms. The van der Waals surface area contributed by atoms with Gasteiger partial charge in [-0.2, -0.15) is 0 Å². The van der Waals surface area contributed by atoms with Gasteiger partial charge in [-0.15, -0.1) is 0 Å². The molecule has 3 rings (SSSR count). The lowest BCUT2D eigenvalue weighted by molar-refractivity contribution is 0.194. The summed E-state index contributed by atoms with van der Waals surface area (Å²) in [7, 11) is 1.73. The van der Waals surface area contributed by atoms with E-state index in [2.05, 4.69) is 15.3 Å². The maximum Gasteiger partial charge on any atom is 0.317 e. The number of carbonyl (C=O) groups excluding carboxylic acids is 1. The van der Waals surface area contributed by atoms with E-state index in [9.17, 15) is 9.90 Å². The molecule has 2 heterocycles. The molecule has 0 aliphatic rings. The number of carbonyl (C=O) groups is 1. The third-order valence-corrected chi connectivity index (χ3v) is 4.28. The predicted molar refractivity (Wildman–Crippen MR) is 97.9 cm³/mol. The van der Waals surface area contributed by atoms with Crippen LogP contribution in [0.15, 0.2) is 61.3 Å². The normalized spacial score (nSPS) is 11.8. The number of urea groups is 1. The fourth-order valence-electron chi connectivity index (χ4n) is 2.56. The first-order chi connectivity index (χ1) is 12.5. The quantitative estimate of drug-likeness (QED) is 0.740. The Labute approximate surface area is 151 Å². The molecule has 3 aromatic rings. The average molecular weight is 351 g/mol. The van der Waals surface area contributed by atoms with E-state index in [0.717, 1.165) is 16.9 Å². The molecular weight excluding hydrogens is 330 g/mol. The Morgan fingerprint density at radius 1 is 1.35 bits per heavy atom. The third kappa shape index (κ3) is 4.00. The number of rotatable bonds is 5. The largest absolute Gasteiger partial charge is 0.508 e. The number of nitrogens with one attached hydrogen (secondary N) is 1. The van der Waals surface area contributed by atoms with Gasteiger partial charge in [-0.3, -0.25) is 4.57 Å². The molecule has 2 N–H and O–H groups in total. The molecule has 7 nitrogen and oxygen atoms in total. The van der Waals surface area contributed by atoms with Gasteiger partial charge in [0.2, 0.25) is 0 Å². The molecule has 0 aliphatic carbocycles. The Bertz CT molecular complexity index is 862. The van der Waals surface area contributed by atoms with E-state index >= 15 is 0 Å². The second kappa shape index (κ2) is 7.69. The third-order valence-electron chi connectivity index (χ3n) is 4.28. The van der Waals surface area contributed by atoms with Crippen LogP contribution in [-0.4, -0.2) is 37.6 Å². The molecule has 0 radical (unpaired) electrons. The molecule has 0 fully saturated rings. The van der Waals surface area contributed by atoms with Gasteiger partial charge in [0.1, 0.15) is 17.9 Å². The molecule has 0 aliphatic heterocycles. The van der Waals surface area contributed by atoms with Crippen molar-refractivity contribution in [1.29, 1.82) is 0 Å². The van der Waals surface area contributed by atoms with Crippen molar-refractivity contribution in [2.75, 3.05) is 7.05 Å². The van der Waals surface area contributed by atoms with Gasteiger partial charge in [-0.05, 0) is 36.2 Å². The first-order valence-electron chi connectivity index (χ1n) is 8.27. The Hall–Kier alpha value is -3.35. The zero-order valence-corrected chi connectivity index (χ0v) is 14.7. The summed E-state index contributed by atoms with van der Waals surface area (Å²) in [6.45, 7) is 2.29. The highest BCUT2D eigenvalue weighted by Crippen LogP contribution is 2.22. The van der Waals surface area contributed by atoms with Gasteiger partial charge >= 0.3 is 6.03 Å². The van der Waals surface area contributed by atoms with Gasteiger partial charge in [-0.25, -0.2) is 14.8 Å². The number of hydrogen-bond donors (Lipinski definition) is 2. The van der Waals surface area contributed by atoms with Gasteiger partial charge in [0.05, 0.1) is 6.04 Å². The number of aromatic hydroxyl groups is 1. The van der Waals surface area contributed by atoms with E-state index in [-0.39, 0.29) is 17.8 Å². The summed E-state index contributed by atoms with van der Waals surface area (Å²) in [5.41, 5.74) is 1.77. The lowest BCUT2D eigenvalue weighted by Gasteiger charge is -2.25. The van der Waals surface area contributed by atoms with Crippen LogP contribution < -0.4 is 5.32 Å². The van der Waals surface area contributed by atoms with Crippen molar-refractivity contribution < 1.29 is 9.90 Å². The molecule has 1 atom stereocenters. The number of pyridine rings is 1. The van der Waals surface area contributed by atoms with E-state index in [1.807, 2.05) is 35.9 Å². The first kappa shape index (κ1) is 17.5. The van der Waals surface area contributed by atoms with Crippen LogP contribution in [0, 0.1) is 0 Å². The first-order valence-corrected chi connectivity index (χ1v) is 8.27. The Morgan fingerprint density at radius 3 is 2.85 bits per heavy atom. The van der Waals surface area contributed by atoms with Crippen LogP contribution in [-0.2, 0) is 6.54 Å². The van der Waals surface area contributed by atoms with Gasteiger partial charge in [0, 0.05) is 32.2 Å². The summed E-state index contributed by atoms with van der Waals surface area (Å²) in [5, 5.41) is 12.5. The van der Waals surface area contributed by atoms with Crippen LogP contribution in [0.2, 0.25) is 0 Å². The van der Waals surface area contributed by atoms with Crippen molar-refractivity contribution in [3.8, 4) is 11.6 Å². The van der Waals surface area contributed by atoms with Crippen LogP contribution in [0.5, 0.6) is 5.75 Å². The zero-order valence-electron chi connectivity index (χ0n) is 14.7. The summed E-state index contributed by atoms with van der Waals surface area (Å²) >= 11 is 0. The minimum atomic E-state index is -0.195. The molecule has 7 heteroatoms. The molecule has 2 amide bonds. The number of amides is 2. The van der Waals surface area contributed by atoms with Gasteiger partial charge in [0.25, 0.3) is 0 Å². The maximum atomic E-state index is 12.4. The monoisotopic (exact) mass is 351 g/mol. The highest BCUT2D eigenvalue weighted by Gasteiger charge is 2.17. The number of aromatic nitrogens is 3. The van der Waals surface area contributed by atoms with E-state index in [1.54, 1.807) is 48.9 Å². The SMILES string of the molecule is CC(c1cccc(O)c1)N(C)C(=O)NCc1ccc(-n2ccnc2)nc1. The van der Waals surface area contributed by atoms with Crippen LogP contribution in [0.4, 0.5) is 4.79 Å². The maximum absolute atomic E-state index is 12.4. The number of hydrogen-bond acceptors (Lipinski definition) is 4. The Morgan fingerprint density at radius 2 is 2.19 bits per heavy atom. The number of benzene rings is 1. The van der Waals surface area contributed by atoms with E-state index in [4.69, 9.17) is 0 Å². The van der Waals surface area contributed by atoms with Gasteiger partial charge in [0.15, 0.2) is 0 Å². The van der Waals surface area contributed by atoms with Crippen molar-refractivity contribution in [3.63, 3.8) is 0 Å². The van der Waals surface area contributed by atoms with Crippen molar-refractivity contribution in [2.45, 2.75) is 19.5 Å². The summed E-state index contributed by atoms with van der Waals surface area (Å²) < 4.78 is 1.81. The zero-order chi connectivity index (χ0) is 18.5. The number of phenolic OH excluding ortho intramolecular Hbond substituents is 1. The van der Waals surface area contributed by atoms with E-state index < -0.39 is 0 Å². The summed E-state index contributed by atoms with van der Waals surface area (Å²) in [6.07, 6.45) is 6.93. The average Bonchev–Trinajstić information content (AvgIpc) is 3.20. The molecule has 134 valence electrons. The van der Waals surface area contributed by atoms with E-state index in [1.165, 1.54) is 0 Å². The molecule has 0 saturated carbocycles. The fraction of sp³-hybridized carbons (Fsp3) is 0.211. The van der Waals surface area contributed by atoms with Crippen molar-refractivity contribution >= 4 is 6.03 Å². The molecule has 0 saturated heterocycles. The minimum Gasteiger partial charge on any atom is -0.508 e. The predicted octanol–water partition coefficient (Wildman–Crippen LogP) is 2.88.